The molecule has 1 aromatic carbocycles. The monoisotopic (exact) mass is 252 g/mol. The topological polar surface area (TPSA) is 55.2 Å². The second kappa shape index (κ2) is 5.33. The van der Waals surface area contributed by atoms with E-state index in [0.29, 0.717) is 11.6 Å². The van der Waals surface area contributed by atoms with Gasteiger partial charge in [-0.25, -0.2) is 4.39 Å². The van der Waals surface area contributed by atoms with Crippen LogP contribution in [0.4, 0.5) is 15.8 Å². The Labute approximate surface area is 105 Å². The molecule has 2 unspecified atom stereocenters. The molecule has 1 aliphatic rings. The Morgan fingerprint density at radius 3 is 2.72 bits per heavy atom. The Balaban J connectivity index is 2.15. The first-order valence-electron chi connectivity index (χ1n) is 6.28. The zero-order valence-electron chi connectivity index (χ0n) is 10.4. The number of nitro groups is 1. The molecule has 0 aliphatic heterocycles. The fourth-order valence-electron chi connectivity index (χ4n) is 2.51. The number of nitro benzene ring substituents is 1. The van der Waals surface area contributed by atoms with Crippen molar-refractivity contribution in [3.63, 3.8) is 0 Å². The van der Waals surface area contributed by atoms with Gasteiger partial charge in [-0.05, 0) is 24.8 Å². The zero-order chi connectivity index (χ0) is 13.1. The second-order valence-corrected chi connectivity index (χ2v) is 4.97. The van der Waals surface area contributed by atoms with Crippen LogP contribution in [0.15, 0.2) is 18.2 Å². The van der Waals surface area contributed by atoms with Crippen molar-refractivity contribution in [2.24, 2.45) is 5.92 Å². The van der Waals surface area contributed by atoms with E-state index in [9.17, 15) is 14.5 Å². The molecule has 4 nitrogen and oxygen atoms in total. The lowest BCUT2D eigenvalue weighted by Gasteiger charge is -2.30. The molecule has 0 spiro atoms. The van der Waals surface area contributed by atoms with Gasteiger partial charge in [0.2, 0.25) is 0 Å². The van der Waals surface area contributed by atoms with Crippen LogP contribution in [0.1, 0.15) is 32.6 Å². The minimum Gasteiger partial charge on any atom is -0.382 e. The number of rotatable bonds is 3. The van der Waals surface area contributed by atoms with E-state index in [4.69, 9.17) is 0 Å². The summed E-state index contributed by atoms with van der Waals surface area (Å²) in [5.41, 5.74) is 0.293. The third-order valence-corrected chi connectivity index (χ3v) is 3.56. The van der Waals surface area contributed by atoms with E-state index in [2.05, 4.69) is 12.2 Å². The molecule has 0 bridgehead atoms. The van der Waals surface area contributed by atoms with Gasteiger partial charge in [0, 0.05) is 17.8 Å². The maximum atomic E-state index is 13.3. The van der Waals surface area contributed by atoms with E-state index < -0.39 is 10.7 Å². The second-order valence-electron chi connectivity index (χ2n) is 4.97. The summed E-state index contributed by atoms with van der Waals surface area (Å²) in [6.45, 7) is 2.16. The van der Waals surface area contributed by atoms with Gasteiger partial charge < -0.3 is 5.32 Å². The van der Waals surface area contributed by atoms with Crippen LogP contribution in [-0.4, -0.2) is 11.0 Å². The number of hydrogen-bond donors (Lipinski definition) is 1. The van der Waals surface area contributed by atoms with Crippen molar-refractivity contribution in [2.75, 3.05) is 5.32 Å². The number of benzene rings is 1. The van der Waals surface area contributed by atoms with Crippen molar-refractivity contribution in [3.05, 3.63) is 34.1 Å². The fourth-order valence-corrected chi connectivity index (χ4v) is 2.51. The summed E-state index contributed by atoms with van der Waals surface area (Å²) in [6.07, 6.45) is 4.56. The van der Waals surface area contributed by atoms with E-state index in [-0.39, 0.29) is 11.7 Å². The molecule has 1 saturated carbocycles. The molecule has 0 heterocycles. The lowest BCUT2D eigenvalue weighted by molar-refractivity contribution is -0.385. The molecular formula is C13H17FN2O2. The fraction of sp³-hybridized carbons (Fsp3) is 0.538. The van der Waals surface area contributed by atoms with Crippen molar-refractivity contribution in [1.29, 1.82) is 0 Å². The van der Waals surface area contributed by atoms with Gasteiger partial charge in [0.25, 0.3) is 5.69 Å². The van der Waals surface area contributed by atoms with Crippen LogP contribution in [0.25, 0.3) is 0 Å². The molecule has 0 aromatic heterocycles. The first kappa shape index (κ1) is 12.8. The lowest BCUT2D eigenvalue weighted by Crippen LogP contribution is -2.30. The molecule has 0 saturated heterocycles. The van der Waals surface area contributed by atoms with E-state index >= 15 is 0 Å². The summed E-state index contributed by atoms with van der Waals surface area (Å²) in [5.74, 6) is -0.0590. The van der Waals surface area contributed by atoms with Crippen molar-refractivity contribution in [3.8, 4) is 0 Å². The highest BCUT2D eigenvalue weighted by Crippen LogP contribution is 2.28. The van der Waals surface area contributed by atoms with Crippen LogP contribution in [0.3, 0.4) is 0 Å². The van der Waals surface area contributed by atoms with Crippen LogP contribution >= 0.6 is 0 Å². The molecule has 5 heteroatoms. The highest BCUT2D eigenvalue weighted by molar-refractivity contribution is 5.52. The van der Waals surface area contributed by atoms with Gasteiger partial charge in [0.05, 0.1) is 11.0 Å². The number of nitrogens with one attached hydrogen (secondary N) is 1. The summed E-state index contributed by atoms with van der Waals surface area (Å²) in [5, 5.41) is 13.9. The van der Waals surface area contributed by atoms with Gasteiger partial charge in [-0.3, -0.25) is 10.1 Å². The van der Waals surface area contributed by atoms with Gasteiger partial charge in [0.15, 0.2) is 0 Å². The molecule has 0 amide bonds. The van der Waals surface area contributed by atoms with Gasteiger partial charge >= 0.3 is 0 Å². The minimum absolute atomic E-state index is 0.207. The lowest BCUT2D eigenvalue weighted by atomic mass is 9.86. The SMILES string of the molecule is CC1CCCCC1Nc1cc(F)cc([N+](=O)[O-])c1. The minimum atomic E-state index is -0.574. The summed E-state index contributed by atoms with van der Waals surface area (Å²) in [4.78, 5) is 10.1. The van der Waals surface area contributed by atoms with Gasteiger partial charge in [-0.15, -0.1) is 0 Å². The standard InChI is InChI=1S/C13H17FN2O2/c1-9-4-2-3-5-13(9)15-11-6-10(14)7-12(8-11)16(17)18/h6-9,13,15H,2-5H2,1H3. The van der Waals surface area contributed by atoms with E-state index in [1.54, 1.807) is 0 Å². The predicted octanol–water partition coefficient (Wildman–Crippen LogP) is 3.72. The number of hydrogen-bond acceptors (Lipinski definition) is 3. The Morgan fingerprint density at radius 1 is 1.33 bits per heavy atom. The first-order chi connectivity index (χ1) is 8.56. The van der Waals surface area contributed by atoms with Crippen molar-refractivity contribution >= 4 is 11.4 Å². The normalized spacial score (nSPS) is 23.7. The van der Waals surface area contributed by atoms with Gasteiger partial charge in [-0.2, -0.15) is 0 Å². The zero-order valence-corrected chi connectivity index (χ0v) is 10.4. The van der Waals surface area contributed by atoms with Crippen LogP contribution in [0.5, 0.6) is 0 Å². The highest BCUT2D eigenvalue weighted by Gasteiger charge is 2.21. The Kier molecular flexibility index (Phi) is 3.79. The third kappa shape index (κ3) is 2.97. The summed E-state index contributed by atoms with van der Waals surface area (Å²) in [7, 11) is 0. The molecule has 2 atom stereocenters. The highest BCUT2D eigenvalue weighted by atomic mass is 19.1. The Bertz CT molecular complexity index is 451. The predicted molar refractivity (Wildman–Crippen MR) is 68.1 cm³/mol. The van der Waals surface area contributed by atoms with Crippen molar-refractivity contribution < 1.29 is 9.31 Å². The average molecular weight is 252 g/mol. The molecule has 18 heavy (non-hydrogen) atoms. The number of anilines is 1. The Hall–Kier alpha value is -1.65. The Morgan fingerprint density at radius 2 is 2.06 bits per heavy atom. The van der Waals surface area contributed by atoms with Crippen molar-refractivity contribution in [1.82, 2.24) is 0 Å². The first-order valence-corrected chi connectivity index (χ1v) is 6.28. The number of nitrogens with zero attached hydrogens (tertiary/aromatic N) is 1. The molecule has 1 aliphatic carbocycles. The third-order valence-electron chi connectivity index (χ3n) is 3.56. The molecule has 1 aromatic rings. The molecule has 98 valence electrons. The van der Waals surface area contributed by atoms with Crippen molar-refractivity contribution in [2.45, 2.75) is 38.6 Å². The maximum Gasteiger partial charge on any atom is 0.274 e. The van der Waals surface area contributed by atoms with E-state index in [1.807, 2.05) is 0 Å². The molecule has 2 rings (SSSR count). The van der Waals surface area contributed by atoms with Gasteiger partial charge in [-0.1, -0.05) is 19.8 Å². The smallest absolute Gasteiger partial charge is 0.274 e. The summed E-state index contributed by atoms with van der Waals surface area (Å²) >= 11 is 0. The van der Waals surface area contributed by atoms with Crippen LogP contribution in [0, 0.1) is 21.8 Å². The quantitative estimate of drug-likeness (QED) is 0.658. The number of non-ortho nitro benzene ring substituents is 1. The summed E-state index contributed by atoms with van der Waals surface area (Å²) in [6, 6.07) is 3.92. The van der Waals surface area contributed by atoms with E-state index in [1.165, 1.54) is 18.6 Å². The van der Waals surface area contributed by atoms with Gasteiger partial charge in [0.1, 0.15) is 5.82 Å². The molecule has 0 radical (unpaired) electrons. The van der Waals surface area contributed by atoms with Crippen LogP contribution in [0.2, 0.25) is 0 Å². The molecular weight excluding hydrogens is 235 g/mol. The summed E-state index contributed by atoms with van der Waals surface area (Å²) < 4.78 is 13.3. The van der Waals surface area contributed by atoms with Crippen LogP contribution < -0.4 is 5.32 Å². The molecule has 1 fully saturated rings. The van der Waals surface area contributed by atoms with Crippen LogP contribution in [-0.2, 0) is 0 Å². The number of halogens is 1. The molecule has 1 N–H and O–H groups in total. The largest absolute Gasteiger partial charge is 0.382 e. The maximum absolute atomic E-state index is 13.3. The average Bonchev–Trinajstić information content (AvgIpc) is 2.31. The van der Waals surface area contributed by atoms with E-state index in [0.717, 1.165) is 25.3 Å².